The first-order valence-corrected chi connectivity index (χ1v) is 10.2. The Kier molecular flexibility index (Phi) is 9.38. The summed E-state index contributed by atoms with van der Waals surface area (Å²) in [6.07, 6.45) is -0.786. The number of alkyl halides is 3. The lowest BCUT2D eigenvalue weighted by Gasteiger charge is -2.12. The van der Waals surface area contributed by atoms with Crippen LogP contribution in [0.3, 0.4) is 0 Å². The molecule has 0 aliphatic carbocycles. The summed E-state index contributed by atoms with van der Waals surface area (Å²) in [6.45, 7) is 4.46. The van der Waals surface area contributed by atoms with Crippen LogP contribution in [0.4, 0.5) is 13.2 Å². The molecule has 7 nitrogen and oxygen atoms in total. The molecule has 0 saturated carbocycles. The maximum atomic E-state index is 12.8. The first-order valence-electron chi connectivity index (χ1n) is 10.2. The monoisotopic (exact) mass is 552 g/mol. The number of fused-ring (bicyclic) bond motifs is 1. The number of benzene rings is 1. The molecule has 0 atom stereocenters. The number of halogens is 4. The Labute approximate surface area is 196 Å². The maximum Gasteiger partial charge on any atom is 0.416 e. The van der Waals surface area contributed by atoms with Gasteiger partial charge < -0.3 is 10.6 Å². The van der Waals surface area contributed by atoms with Crippen molar-refractivity contribution in [3.05, 3.63) is 51.7 Å². The second-order valence-electron chi connectivity index (χ2n) is 7.20. The second kappa shape index (κ2) is 11.5. The Morgan fingerprint density at radius 1 is 1.26 bits per heavy atom. The summed E-state index contributed by atoms with van der Waals surface area (Å²) < 4.78 is 41.8. The highest BCUT2D eigenvalue weighted by Crippen LogP contribution is 2.29. The lowest BCUT2D eigenvalue weighted by Crippen LogP contribution is -2.38. The van der Waals surface area contributed by atoms with Crippen LogP contribution in [-0.2, 0) is 32.2 Å². The molecule has 0 saturated heterocycles. The van der Waals surface area contributed by atoms with E-state index in [4.69, 9.17) is 0 Å². The predicted octanol–water partition coefficient (Wildman–Crippen LogP) is 3.16. The van der Waals surface area contributed by atoms with Crippen molar-refractivity contribution in [1.82, 2.24) is 25.0 Å². The van der Waals surface area contributed by atoms with E-state index in [9.17, 15) is 18.0 Å². The van der Waals surface area contributed by atoms with Gasteiger partial charge in [0.05, 0.1) is 12.1 Å². The van der Waals surface area contributed by atoms with Gasteiger partial charge in [-0.2, -0.15) is 18.3 Å². The van der Waals surface area contributed by atoms with Crippen LogP contribution in [-0.4, -0.2) is 33.4 Å². The van der Waals surface area contributed by atoms with Crippen molar-refractivity contribution in [3.63, 3.8) is 0 Å². The smallest absolute Gasteiger partial charge is 0.357 e. The molecule has 3 rings (SSSR count). The molecule has 31 heavy (non-hydrogen) atoms. The third-order valence-electron chi connectivity index (χ3n) is 4.89. The zero-order valence-electron chi connectivity index (χ0n) is 17.4. The van der Waals surface area contributed by atoms with E-state index < -0.39 is 11.7 Å². The number of aryl methyl sites for hydroxylation is 2. The number of guanidine groups is 1. The minimum absolute atomic E-state index is 0. The number of nitrogens with zero attached hydrogens (tertiary/aromatic N) is 4. The minimum atomic E-state index is -4.37. The molecule has 1 aliphatic heterocycles. The van der Waals surface area contributed by atoms with Crippen molar-refractivity contribution in [3.8, 4) is 0 Å². The van der Waals surface area contributed by atoms with E-state index in [2.05, 4.69) is 20.7 Å². The normalized spacial score (nSPS) is 14.0. The van der Waals surface area contributed by atoms with Crippen LogP contribution in [0.1, 0.15) is 43.1 Å². The van der Waals surface area contributed by atoms with Gasteiger partial charge in [-0.3, -0.25) is 4.57 Å². The van der Waals surface area contributed by atoms with Crippen LogP contribution >= 0.6 is 24.0 Å². The Bertz CT molecular complexity index is 938. The fourth-order valence-corrected chi connectivity index (χ4v) is 3.39. The summed E-state index contributed by atoms with van der Waals surface area (Å²) in [7, 11) is 0. The number of rotatable bonds is 7. The van der Waals surface area contributed by atoms with Gasteiger partial charge in [0.25, 0.3) is 0 Å². The van der Waals surface area contributed by atoms with Gasteiger partial charge in [0, 0.05) is 32.6 Å². The van der Waals surface area contributed by atoms with Gasteiger partial charge in [0.2, 0.25) is 0 Å². The van der Waals surface area contributed by atoms with Gasteiger partial charge in [-0.15, -0.1) is 24.0 Å². The van der Waals surface area contributed by atoms with Gasteiger partial charge in [-0.25, -0.2) is 14.5 Å². The van der Waals surface area contributed by atoms with Gasteiger partial charge >= 0.3 is 11.9 Å². The topological polar surface area (TPSA) is 76.2 Å². The predicted molar refractivity (Wildman–Crippen MR) is 124 cm³/mol. The molecule has 2 heterocycles. The first-order chi connectivity index (χ1) is 14.4. The third-order valence-corrected chi connectivity index (χ3v) is 4.89. The minimum Gasteiger partial charge on any atom is -0.357 e. The largest absolute Gasteiger partial charge is 0.416 e. The van der Waals surface area contributed by atoms with Crippen LogP contribution in [0, 0.1) is 0 Å². The number of nitrogens with one attached hydrogen (secondary N) is 2. The van der Waals surface area contributed by atoms with Gasteiger partial charge in [0.15, 0.2) is 5.96 Å². The number of hydrogen-bond acceptors (Lipinski definition) is 3. The lowest BCUT2D eigenvalue weighted by molar-refractivity contribution is -0.137. The fourth-order valence-electron chi connectivity index (χ4n) is 3.39. The average Bonchev–Trinajstić information content (AvgIpc) is 3.05. The van der Waals surface area contributed by atoms with Crippen LogP contribution in [0.5, 0.6) is 0 Å². The molecular weight excluding hydrogens is 524 g/mol. The van der Waals surface area contributed by atoms with Crippen LogP contribution < -0.4 is 16.3 Å². The fraction of sp³-hybridized carbons (Fsp3) is 0.550. The van der Waals surface area contributed by atoms with Crippen molar-refractivity contribution in [1.29, 1.82) is 0 Å². The molecular formula is C20H28F3IN6O. The van der Waals surface area contributed by atoms with E-state index in [1.54, 1.807) is 10.6 Å². The van der Waals surface area contributed by atoms with Crippen LogP contribution in [0.15, 0.2) is 34.1 Å². The summed E-state index contributed by atoms with van der Waals surface area (Å²) in [4.78, 5) is 16.7. The summed E-state index contributed by atoms with van der Waals surface area (Å²) in [6, 6.07) is 5.16. The van der Waals surface area contributed by atoms with Crippen LogP contribution in [0.25, 0.3) is 0 Å². The molecule has 0 amide bonds. The summed E-state index contributed by atoms with van der Waals surface area (Å²) in [5.41, 5.74) is -0.256. The molecule has 0 bridgehead atoms. The summed E-state index contributed by atoms with van der Waals surface area (Å²) in [5, 5.41) is 10.6. The van der Waals surface area contributed by atoms with Crippen LogP contribution in [0.2, 0.25) is 0 Å². The molecule has 11 heteroatoms. The van der Waals surface area contributed by atoms with Crippen molar-refractivity contribution in [2.24, 2.45) is 4.99 Å². The molecule has 0 spiro atoms. The Morgan fingerprint density at radius 3 is 2.77 bits per heavy atom. The first kappa shape index (κ1) is 25.2. The van der Waals surface area contributed by atoms with Crippen molar-refractivity contribution in [2.75, 3.05) is 13.1 Å². The molecule has 0 unspecified atom stereocenters. The average molecular weight is 552 g/mol. The van der Waals surface area contributed by atoms with Gasteiger partial charge in [0.1, 0.15) is 5.82 Å². The quantitative estimate of drug-likeness (QED) is 0.240. The molecule has 1 aromatic heterocycles. The maximum absolute atomic E-state index is 12.8. The molecule has 1 aromatic carbocycles. The SMILES string of the molecule is CCNC(=NCc1cccc(C(F)(F)F)c1)NCCCn1nc2n(c1=O)CCCC2.I. The number of hydrogen-bond donors (Lipinski definition) is 2. The van der Waals surface area contributed by atoms with Gasteiger partial charge in [-0.1, -0.05) is 12.1 Å². The Balaban J connectivity index is 0.00000341. The van der Waals surface area contributed by atoms with Crippen molar-refractivity contribution in [2.45, 2.75) is 58.4 Å². The molecule has 172 valence electrons. The molecule has 1 aliphatic rings. The Morgan fingerprint density at radius 2 is 2.06 bits per heavy atom. The second-order valence-corrected chi connectivity index (χ2v) is 7.20. The van der Waals surface area contributed by atoms with Crippen molar-refractivity contribution >= 4 is 29.9 Å². The highest BCUT2D eigenvalue weighted by molar-refractivity contribution is 14.0. The third kappa shape index (κ3) is 6.97. The van der Waals surface area contributed by atoms with Crippen molar-refractivity contribution < 1.29 is 13.2 Å². The number of aromatic nitrogens is 3. The van der Waals surface area contributed by atoms with E-state index >= 15 is 0 Å². The van der Waals surface area contributed by atoms with E-state index in [-0.39, 0.29) is 36.2 Å². The molecule has 2 aromatic rings. The lowest BCUT2D eigenvalue weighted by atomic mass is 10.1. The zero-order chi connectivity index (χ0) is 21.6. The van der Waals surface area contributed by atoms with Gasteiger partial charge in [-0.05, 0) is 43.9 Å². The molecule has 0 fully saturated rings. The Hall–Kier alpha value is -2.05. The number of aliphatic imine (C=N–C) groups is 1. The standard InChI is InChI=1S/C20H27F3N6O.HI/c1-2-24-18(26-14-15-7-5-8-16(13-15)20(21,22)23)25-10-6-12-29-19(30)28-11-4-3-9-17(28)27-29;/h5,7-8,13H,2-4,6,9-12,14H2,1H3,(H2,24,25,26);1H. The highest BCUT2D eigenvalue weighted by Gasteiger charge is 2.30. The van der Waals surface area contributed by atoms with E-state index in [0.717, 1.165) is 43.8 Å². The van der Waals surface area contributed by atoms with E-state index in [1.807, 2.05) is 6.92 Å². The molecule has 2 N–H and O–H groups in total. The summed E-state index contributed by atoms with van der Waals surface area (Å²) >= 11 is 0. The highest BCUT2D eigenvalue weighted by atomic mass is 127. The van der Waals surface area contributed by atoms with E-state index in [1.165, 1.54) is 10.7 Å². The van der Waals surface area contributed by atoms with E-state index in [0.29, 0.717) is 37.6 Å². The molecule has 0 radical (unpaired) electrons. The zero-order valence-corrected chi connectivity index (χ0v) is 19.7. The summed E-state index contributed by atoms with van der Waals surface area (Å²) in [5.74, 6) is 1.38.